The fraction of sp³-hybridized carbons (Fsp3) is 0.167. The normalized spacial score (nSPS) is 13.0. The van der Waals surface area contributed by atoms with Gasteiger partial charge in [-0.15, -0.1) is 0 Å². The fourth-order valence-electron chi connectivity index (χ4n) is 2.52. The van der Waals surface area contributed by atoms with Gasteiger partial charge in [-0.1, -0.05) is 12.1 Å². The second kappa shape index (κ2) is 7.81. The van der Waals surface area contributed by atoms with Crippen molar-refractivity contribution in [1.29, 1.82) is 0 Å². The van der Waals surface area contributed by atoms with Gasteiger partial charge >= 0.3 is 12.6 Å². The highest BCUT2D eigenvalue weighted by Gasteiger charge is 2.27. The monoisotopic (exact) mass is 376 g/mol. The largest absolute Gasteiger partial charge is 0.452 e. The van der Waals surface area contributed by atoms with E-state index in [4.69, 9.17) is 4.74 Å². The minimum Gasteiger partial charge on any atom is -0.452 e. The number of nitrogens with one attached hydrogen (secondary N) is 1. The van der Waals surface area contributed by atoms with E-state index in [0.29, 0.717) is 11.4 Å². The average Bonchev–Trinajstić information content (AvgIpc) is 2.65. The quantitative estimate of drug-likeness (QED) is 0.811. The summed E-state index contributed by atoms with van der Waals surface area (Å²) in [5, 5.41) is 2.65. The van der Waals surface area contributed by atoms with Gasteiger partial charge in [-0.05, 0) is 36.4 Å². The van der Waals surface area contributed by atoms with Gasteiger partial charge in [0, 0.05) is 0 Å². The van der Waals surface area contributed by atoms with Crippen molar-refractivity contribution in [1.82, 2.24) is 0 Å². The third-order valence-electron chi connectivity index (χ3n) is 3.71. The molecule has 2 aromatic carbocycles. The molecule has 140 valence electrons. The van der Waals surface area contributed by atoms with Crippen molar-refractivity contribution in [3.05, 3.63) is 54.1 Å². The van der Waals surface area contributed by atoms with Crippen LogP contribution in [0.3, 0.4) is 0 Å². The molecular weight excluding hydrogens is 362 g/mol. The van der Waals surface area contributed by atoms with Crippen molar-refractivity contribution >= 4 is 29.2 Å². The van der Waals surface area contributed by atoms with E-state index in [2.05, 4.69) is 10.1 Å². The number of alkyl halides is 2. The molecule has 0 atom stereocenters. The van der Waals surface area contributed by atoms with Crippen molar-refractivity contribution < 1.29 is 32.6 Å². The lowest BCUT2D eigenvalue weighted by molar-refractivity contribution is -0.124. The van der Waals surface area contributed by atoms with Gasteiger partial charge in [0.15, 0.2) is 6.61 Å². The Morgan fingerprint density at radius 2 is 1.81 bits per heavy atom. The van der Waals surface area contributed by atoms with Gasteiger partial charge in [0.05, 0.1) is 16.9 Å². The van der Waals surface area contributed by atoms with Crippen LogP contribution in [0, 0.1) is 0 Å². The van der Waals surface area contributed by atoms with Crippen molar-refractivity contribution in [3.63, 3.8) is 0 Å². The highest BCUT2D eigenvalue weighted by molar-refractivity contribution is 6.10. The number of carbonyl (C=O) groups excluding carboxylic acids is 3. The molecule has 0 saturated heterocycles. The smallest absolute Gasteiger partial charge is 0.387 e. The summed E-state index contributed by atoms with van der Waals surface area (Å²) in [5.74, 6) is -1.83. The van der Waals surface area contributed by atoms with Crippen LogP contribution in [0.25, 0.3) is 0 Å². The predicted molar refractivity (Wildman–Crippen MR) is 90.8 cm³/mol. The topological polar surface area (TPSA) is 84.9 Å². The van der Waals surface area contributed by atoms with Crippen molar-refractivity contribution in [2.75, 3.05) is 23.4 Å². The maximum absolute atomic E-state index is 12.4. The second-order valence-corrected chi connectivity index (χ2v) is 5.52. The van der Waals surface area contributed by atoms with Gasteiger partial charge in [-0.25, -0.2) is 4.79 Å². The van der Waals surface area contributed by atoms with Crippen LogP contribution in [0.4, 0.5) is 20.2 Å². The molecule has 1 aliphatic heterocycles. The number of halogens is 2. The summed E-state index contributed by atoms with van der Waals surface area (Å²) in [4.78, 5) is 37.4. The number of anilines is 2. The maximum atomic E-state index is 12.4. The van der Waals surface area contributed by atoms with Crippen molar-refractivity contribution in [2.24, 2.45) is 0 Å². The molecule has 0 aliphatic carbocycles. The first-order chi connectivity index (χ1) is 12.9. The number of carbonyl (C=O) groups is 3. The highest BCUT2D eigenvalue weighted by Crippen LogP contribution is 2.28. The Kier molecular flexibility index (Phi) is 5.30. The van der Waals surface area contributed by atoms with E-state index in [-0.39, 0.29) is 23.8 Å². The average molecular weight is 376 g/mol. The molecule has 1 heterocycles. The third-order valence-corrected chi connectivity index (χ3v) is 3.71. The van der Waals surface area contributed by atoms with Crippen LogP contribution in [0.2, 0.25) is 0 Å². The van der Waals surface area contributed by atoms with E-state index in [1.165, 1.54) is 29.2 Å². The van der Waals surface area contributed by atoms with Crippen LogP contribution >= 0.6 is 0 Å². The number of hydrogen-bond donors (Lipinski definition) is 1. The standard InChI is InChI=1S/C18H14F2N2O5/c19-18(20)27-12-7-5-11(6-8-12)17(25)26-10-16(24)22-9-15(23)21-13-3-1-2-4-14(13)22/h1-8,18H,9-10H2,(H,21,23). The number of benzene rings is 2. The van der Waals surface area contributed by atoms with E-state index < -0.39 is 25.1 Å². The van der Waals surface area contributed by atoms with Crippen LogP contribution in [0.15, 0.2) is 48.5 Å². The van der Waals surface area contributed by atoms with Crippen LogP contribution in [0.1, 0.15) is 10.4 Å². The molecular formula is C18H14F2N2O5. The van der Waals surface area contributed by atoms with Crippen LogP contribution in [0.5, 0.6) is 5.75 Å². The van der Waals surface area contributed by atoms with Gasteiger partial charge < -0.3 is 14.8 Å². The lowest BCUT2D eigenvalue weighted by atomic mass is 10.2. The number of hydrogen-bond acceptors (Lipinski definition) is 5. The Balaban J connectivity index is 1.62. The SMILES string of the molecule is O=C1CN(C(=O)COC(=O)c2ccc(OC(F)F)cc2)c2ccccc2N1. The summed E-state index contributed by atoms with van der Waals surface area (Å²) in [6.45, 7) is -3.73. The summed E-state index contributed by atoms with van der Waals surface area (Å²) in [6.07, 6.45) is 0. The second-order valence-electron chi connectivity index (χ2n) is 5.52. The van der Waals surface area contributed by atoms with E-state index >= 15 is 0 Å². The van der Waals surface area contributed by atoms with Gasteiger partial charge in [0.2, 0.25) is 5.91 Å². The Labute approximate surface area is 152 Å². The molecule has 0 bridgehead atoms. The number of para-hydroxylation sites is 2. The first-order valence-corrected chi connectivity index (χ1v) is 7.85. The number of nitrogens with zero attached hydrogens (tertiary/aromatic N) is 1. The number of esters is 1. The summed E-state index contributed by atoms with van der Waals surface area (Å²) in [5.41, 5.74) is 1.07. The Bertz CT molecular complexity index is 870. The van der Waals surface area contributed by atoms with Gasteiger partial charge in [-0.3, -0.25) is 14.5 Å². The van der Waals surface area contributed by atoms with E-state index in [9.17, 15) is 23.2 Å². The lowest BCUT2D eigenvalue weighted by Crippen LogP contribution is -2.44. The molecule has 1 N–H and O–H groups in total. The predicted octanol–water partition coefficient (Wildman–Crippen LogP) is 2.43. The number of ether oxygens (including phenoxy) is 2. The van der Waals surface area contributed by atoms with Crippen molar-refractivity contribution in [3.8, 4) is 5.75 Å². The van der Waals surface area contributed by atoms with Gasteiger partial charge in [0.1, 0.15) is 12.3 Å². The first-order valence-electron chi connectivity index (χ1n) is 7.85. The molecule has 1 aliphatic rings. The molecule has 0 fully saturated rings. The number of amides is 2. The van der Waals surface area contributed by atoms with Gasteiger partial charge in [-0.2, -0.15) is 8.78 Å². The highest BCUT2D eigenvalue weighted by atomic mass is 19.3. The zero-order valence-electron chi connectivity index (χ0n) is 13.9. The molecule has 3 rings (SSSR count). The van der Waals surface area contributed by atoms with E-state index in [1.807, 2.05) is 0 Å². The summed E-state index contributed by atoms with van der Waals surface area (Å²) >= 11 is 0. The minimum absolute atomic E-state index is 0.0706. The molecule has 9 heteroatoms. The zero-order chi connectivity index (χ0) is 19.4. The molecule has 0 unspecified atom stereocenters. The molecule has 7 nitrogen and oxygen atoms in total. The van der Waals surface area contributed by atoms with Crippen LogP contribution in [-0.2, 0) is 14.3 Å². The maximum Gasteiger partial charge on any atom is 0.387 e. The molecule has 2 amide bonds. The van der Waals surface area contributed by atoms with Crippen molar-refractivity contribution in [2.45, 2.75) is 6.61 Å². The minimum atomic E-state index is -2.97. The molecule has 2 aromatic rings. The Morgan fingerprint density at radius 3 is 2.52 bits per heavy atom. The third kappa shape index (κ3) is 4.38. The van der Waals surface area contributed by atoms with Crippen LogP contribution < -0.4 is 15.0 Å². The summed E-state index contributed by atoms with van der Waals surface area (Å²) in [6, 6.07) is 11.6. The summed E-state index contributed by atoms with van der Waals surface area (Å²) < 4.78 is 33.4. The lowest BCUT2D eigenvalue weighted by Gasteiger charge is -2.28. The molecule has 0 aromatic heterocycles. The molecule has 0 spiro atoms. The summed E-state index contributed by atoms with van der Waals surface area (Å²) in [7, 11) is 0. The number of fused-ring (bicyclic) bond motifs is 1. The fourth-order valence-corrected chi connectivity index (χ4v) is 2.52. The van der Waals surface area contributed by atoms with E-state index in [0.717, 1.165) is 0 Å². The Morgan fingerprint density at radius 1 is 1.11 bits per heavy atom. The zero-order valence-corrected chi connectivity index (χ0v) is 13.9. The molecule has 0 radical (unpaired) electrons. The van der Waals surface area contributed by atoms with Gasteiger partial charge in [0.25, 0.3) is 5.91 Å². The van der Waals surface area contributed by atoms with Crippen LogP contribution in [-0.4, -0.2) is 37.5 Å². The Hall–Kier alpha value is -3.49. The molecule has 27 heavy (non-hydrogen) atoms. The first kappa shape index (κ1) is 18.3. The number of rotatable bonds is 5. The van der Waals surface area contributed by atoms with E-state index in [1.54, 1.807) is 24.3 Å². The molecule has 0 saturated carbocycles.